The lowest BCUT2D eigenvalue weighted by Gasteiger charge is -2.20. The van der Waals surface area contributed by atoms with Crippen LogP contribution in [0.25, 0.3) is 0 Å². The minimum Gasteiger partial charge on any atom is -0.425 e. The smallest absolute Gasteiger partial charge is 0.425 e. The monoisotopic (exact) mass is 404 g/mol. The SMILES string of the molecule is CCCC(=O)OC(C)OC(=O)NC(CCO[P+](C)=O)c1ccc(Cl)cc1. The van der Waals surface area contributed by atoms with Gasteiger partial charge in [-0.2, -0.15) is 0 Å². The molecule has 1 N–H and O–H groups in total. The molecule has 0 heterocycles. The van der Waals surface area contributed by atoms with Crippen molar-refractivity contribution in [2.24, 2.45) is 0 Å². The molecule has 0 aliphatic carbocycles. The summed E-state index contributed by atoms with van der Waals surface area (Å²) in [5.74, 6) is -0.429. The Hall–Kier alpha value is -1.69. The zero-order valence-electron chi connectivity index (χ0n) is 15.1. The molecule has 0 aliphatic rings. The van der Waals surface area contributed by atoms with E-state index in [2.05, 4.69) is 5.32 Å². The van der Waals surface area contributed by atoms with E-state index in [0.29, 0.717) is 17.9 Å². The summed E-state index contributed by atoms with van der Waals surface area (Å²) in [6.07, 6.45) is -0.440. The predicted octanol–water partition coefficient (Wildman–Crippen LogP) is 4.58. The van der Waals surface area contributed by atoms with Crippen molar-refractivity contribution in [1.82, 2.24) is 5.32 Å². The molecule has 0 saturated carbocycles. The molecule has 0 bridgehead atoms. The number of hydrogen-bond acceptors (Lipinski definition) is 6. The summed E-state index contributed by atoms with van der Waals surface area (Å²) in [5.41, 5.74) is 0.789. The Bertz CT molecular complexity index is 610. The first-order chi connectivity index (χ1) is 12.3. The number of ether oxygens (including phenoxy) is 2. The van der Waals surface area contributed by atoms with Crippen LogP contribution in [0.1, 0.15) is 44.7 Å². The second-order valence-corrected chi connectivity index (χ2v) is 7.10. The molecule has 0 fully saturated rings. The van der Waals surface area contributed by atoms with Crippen LogP contribution in [0.3, 0.4) is 0 Å². The predicted molar refractivity (Wildman–Crippen MR) is 98.4 cm³/mol. The summed E-state index contributed by atoms with van der Waals surface area (Å²) < 4.78 is 26.2. The van der Waals surface area contributed by atoms with Crippen molar-refractivity contribution in [3.05, 3.63) is 34.9 Å². The number of nitrogens with one attached hydrogen (secondary N) is 1. The molecular formula is C17H24ClNO6P+. The molecule has 0 radical (unpaired) electrons. The van der Waals surface area contributed by atoms with Crippen LogP contribution in [-0.4, -0.2) is 31.6 Å². The second-order valence-electron chi connectivity index (χ2n) is 5.52. The lowest BCUT2D eigenvalue weighted by molar-refractivity contribution is -0.164. The van der Waals surface area contributed by atoms with Gasteiger partial charge >= 0.3 is 20.1 Å². The van der Waals surface area contributed by atoms with Crippen LogP contribution in [0.5, 0.6) is 0 Å². The highest BCUT2D eigenvalue weighted by atomic mass is 35.5. The number of esters is 1. The maximum atomic E-state index is 12.1. The average Bonchev–Trinajstić information content (AvgIpc) is 2.54. The van der Waals surface area contributed by atoms with Crippen LogP contribution < -0.4 is 5.32 Å². The van der Waals surface area contributed by atoms with Gasteiger partial charge in [-0.3, -0.25) is 4.79 Å². The summed E-state index contributed by atoms with van der Waals surface area (Å²) in [4.78, 5) is 23.5. The first-order valence-electron chi connectivity index (χ1n) is 8.27. The molecule has 0 spiro atoms. The van der Waals surface area contributed by atoms with Gasteiger partial charge in [0.1, 0.15) is 6.61 Å². The Kier molecular flexibility index (Phi) is 10.2. The zero-order chi connectivity index (χ0) is 19.5. The summed E-state index contributed by atoms with van der Waals surface area (Å²) in [5, 5.41) is 3.26. The molecule has 1 rings (SSSR count). The lowest BCUT2D eigenvalue weighted by Crippen LogP contribution is -2.33. The number of alkyl carbamates (subject to hydrolysis) is 1. The molecule has 26 heavy (non-hydrogen) atoms. The zero-order valence-corrected chi connectivity index (χ0v) is 16.7. The number of benzene rings is 1. The Morgan fingerprint density at radius 3 is 2.46 bits per heavy atom. The van der Waals surface area contributed by atoms with Gasteiger partial charge < -0.3 is 14.8 Å². The lowest BCUT2D eigenvalue weighted by atomic mass is 10.0. The molecule has 1 aromatic carbocycles. The summed E-state index contributed by atoms with van der Waals surface area (Å²) in [6, 6.07) is 6.50. The second kappa shape index (κ2) is 11.8. The quantitative estimate of drug-likeness (QED) is 0.349. The first kappa shape index (κ1) is 22.4. The molecule has 0 aromatic heterocycles. The van der Waals surface area contributed by atoms with Crippen molar-refractivity contribution in [2.45, 2.75) is 45.4 Å². The van der Waals surface area contributed by atoms with Crippen molar-refractivity contribution >= 4 is 31.7 Å². The van der Waals surface area contributed by atoms with E-state index in [1.807, 2.05) is 6.92 Å². The van der Waals surface area contributed by atoms with Gasteiger partial charge in [0.05, 0.1) is 6.04 Å². The van der Waals surface area contributed by atoms with Crippen molar-refractivity contribution in [3.63, 3.8) is 0 Å². The van der Waals surface area contributed by atoms with Gasteiger partial charge in [0, 0.05) is 24.8 Å². The van der Waals surface area contributed by atoms with E-state index in [0.717, 1.165) is 5.56 Å². The molecule has 0 aliphatic heterocycles. The van der Waals surface area contributed by atoms with E-state index in [-0.39, 0.29) is 13.0 Å². The topological polar surface area (TPSA) is 90.9 Å². The third-order valence-electron chi connectivity index (χ3n) is 3.27. The highest BCUT2D eigenvalue weighted by Gasteiger charge is 2.20. The maximum Gasteiger partial charge on any atom is 0.504 e. The molecule has 3 atom stereocenters. The minimum absolute atomic E-state index is 0.195. The normalized spacial score (nSPS) is 13.5. The highest BCUT2D eigenvalue weighted by Crippen LogP contribution is 2.23. The fourth-order valence-electron chi connectivity index (χ4n) is 2.12. The third-order valence-corrected chi connectivity index (χ3v) is 4.07. The van der Waals surface area contributed by atoms with Crippen molar-refractivity contribution in [1.29, 1.82) is 0 Å². The van der Waals surface area contributed by atoms with E-state index in [4.69, 9.17) is 25.6 Å². The summed E-state index contributed by atoms with van der Waals surface area (Å²) in [6.45, 7) is 4.97. The Morgan fingerprint density at radius 1 is 1.23 bits per heavy atom. The third kappa shape index (κ3) is 9.13. The number of carbonyl (C=O) groups excluding carboxylic acids is 2. The minimum atomic E-state index is -1.73. The summed E-state index contributed by atoms with van der Waals surface area (Å²) >= 11 is 5.89. The van der Waals surface area contributed by atoms with E-state index in [9.17, 15) is 14.2 Å². The van der Waals surface area contributed by atoms with Gasteiger partial charge in [0.2, 0.25) is 6.29 Å². The maximum absolute atomic E-state index is 12.1. The van der Waals surface area contributed by atoms with Gasteiger partial charge in [-0.05, 0) is 28.7 Å². The fraction of sp³-hybridized carbons (Fsp3) is 0.529. The molecule has 1 aromatic rings. The standard InChI is InChI=1S/C17H23ClNO6P/c1-4-5-16(20)24-12(2)25-17(21)19-15(10-11-23-26(3)22)13-6-8-14(18)9-7-13/h6-9,12,15H,4-5,10-11H2,1-3H3/p+1. The van der Waals surface area contributed by atoms with Gasteiger partial charge in [0.25, 0.3) is 0 Å². The van der Waals surface area contributed by atoms with Crippen LogP contribution in [0.4, 0.5) is 4.79 Å². The van der Waals surface area contributed by atoms with Crippen molar-refractivity contribution in [2.75, 3.05) is 13.3 Å². The molecular weight excluding hydrogens is 381 g/mol. The van der Waals surface area contributed by atoms with Crippen LogP contribution in [0.15, 0.2) is 24.3 Å². The van der Waals surface area contributed by atoms with Gasteiger partial charge in [-0.15, -0.1) is 4.52 Å². The van der Waals surface area contributed by atoms with Crippen molar-refractivity contribution in [3.8, 4) is 0 Å². The number of carbonyl (C=O) groups is 2. The Morgan fingerprint density at radius 2 is 1.88 bits per heavy atom. The van der Waals surface area contributed by atoms with Crippen LogP contribution in [0, 0.1) is 0 Å². The summed E-state index contributed by atoms with van der Waals surface area (Å²) in [7, 11) is -1.73. The molecule has 1 amide bonds. The molecule has 3 unspecified atom stereocenters. The molecule has 7 nitrogen and oxygen atoms in total. The number of amides is 1. The van der Waals surface area contributed by atoms with Crippen LogP contribution in [-0.2, 0) is 23.4 Å². The van der Waals surface area contributed by atoms with Gasteiger partial charge in [-0.1, -0.05) is 30.7 Å². The Labute approximate surface area is 159 Å². The van der Waals surface area contributed by atoms with E-state index >= 15 is 0 Å². The van der Waals surface area contributed by atoms with Crippen molar-refractivity contribution < 1.29 is 28.2 Å². The molecule has 144 valence electrons. The highest BCUT2D eigenvalue weighted by molar-refractivity contribution is 7.38. The van der Waals surface area contributed by atoms with E-state index in [1.54, 1.807) is 24.3 Å². The van der Waals surface area contributed by atoms with Gasteiger partial charge in [-0.25, -0.2) is 4.79 Å². The molecule has 0 saturated heterocycles. The fourth-order valence-corrected chi connectivity index (χ4v) is 2.60. The Balaban J connectivity index is 2.65. The van der Waals surface area contributed by atoms with E-state index in [1.165, 1.54) is 13.6 Å². The van der Waals surface area contributed by atoms with Gasteiger partial charge in [0.15, 0.2) is 6.66 Å². The van der Waals surface area contributed by atoms with Crippen LogP contribution in [0.2, 0.25) is 5.02 Å². The number of hydrogen-bond donors (Lipinski definition) is 1. The number of halogens is 1. The largest absolute Gasteiger partial charge is 0.504 e. The first-order valence-corrected chi connectivity index (χ1v) is 10.3. The number of rotatable bonds is 10. The average molecular weight is 405 g/mol. The van der Waals surface area contributed by atoms with E-state index < -0.39 is 32.4 Å². The van der Waals surface area contributed by atoms with Crippen LogP contribution >= 0.6 is 19.6 Å². The molecule has 9 heteroatoms.